The highest BCUT2D eigenvalue weighted by Crippen LogP contribution is 2.11. The minimum absolute atomic E-state index is 0.470. The highest BCUT2D eigenvalue weighted by atomic mass is 16.5. The standard InChI is InChI=1S/C6H14N2O2/c1-5(7-9)6(2,3)8(4)10/h9-10H,1-4H3/b7-5+. The molecular weight excluding hydrogens is 132 g/mol. The first kappa shape index (κ1) is 9.39. The van der Waals surface area contributed by atoms with Gasteiger partial charge in [-0.2, -0.15) is 5.06 Å². The van der Waals surface area contributed by atoms with Gasteiger partial charge in [0.05, 0.1) is 11.3 Å². The molecule has 0 radical (unpaired) electrons. The molecule has 0 saturated heterocycles. The second-order valence-electron chi connectivity index (χ2n) is 2.77. The van der Waals surface area contributed by atoms with Gasteiger partial charge in [-0.1, -0.05) is 5.16 Å². The molecule has 10 heavy (non-hydrogen) atoms. The van der Waals surface area contributed by atoms with Crippen molar-refractivity contribution in [2.75, 3.05) is 7.05 Å². The summed E-state index contributed by atoms with van der Waals surface area (Å²) in [5.74, 6) is 0. The van der Waals surface area contributed by atoms with Crippen LogP contribution in [-0.4, -0.2) is 33.8 Å². The molecule has 0 atom stereocenters. The van der Waals surface area contributed by atoms with Crippen LogP contribution in [0.1, 0.15) is 20.8 Å². The van der Waals surface area contributed by atoms with Gasteiger partial charge in [-0.05, 0) is 20.8 Å². The third-order valence-corrected chi connectivity index (χ3v) is 1.84. The Labute approximate surface area is 60.7 Å². The Bertz CT molecular complexity index is 141. The van der Waals surface area contributed by atoms with Gasteiger partial charge >= 0.3 is 0 Å². The lowest BCUT2D eigenvalue weighted by atomic mass is 10.00. The predicted octanol–water partition coefficient (Wildman–Crippen LogP) is 0.936. The van der Waals surface area contributed by atoms with E-state index in [0.717, 1.165) is 5.06 Å². The molecule has 0 saturated carbocycles. The fraction of sp³-hybridized carbons (Fsp3) is 0.833. The second-order valence-corrected chi connectivity index (χ2v) is 2.77. The van der Waals surface area contributed by atoms with Crippen LogP contribution in [0.3, 0.4) is 0 Å². The van der Waals surface area contributed by atoms with Gasteiger partial charge in [0.1, 0.15) is 0 Å². The molecule has 0 aliphatic rings. The van der Waals surface area contributed by atoms with Crippen LogP contribution in [-0.2, 0) is 0 Å². The maximum Gasteiger partial charge on any atom is 0.0811 e. The Morgan fingerprint density at radius 2 is 1.90 bits per heavy atom. The van der Waals surface area contributed by atoms with Crippen LogP contribution < -0.4 is 0 Å². The van der Waals surface area contributed by atoms with Crippen molar-refractivity contribution in [3.05, 3.63) is 0 Å². The summed E-state index contributed by atoms with van der Waals surface area (Å²) in [6.45, 7) is 5.15. The van der Waals surface area contributed by atoms with E-state index >= 15 is 0 Å². The van der Waals surface area contributed by atoms with Gasteiger partial charge < -0.3 is 10.4 Å². The summed E-state index contributed by atoms with van der Waals surface area (Å²) in [6.07, 6.45) is 0. The highest BCUT2D eigenvalue weighted by molar-refractivity contribution is 5.89. The summed E-state index contributed by atoms with van der Waals surface area (Å²) in [6, 6.07) is 0. The highest BCUT2D eigenvalue weighted by Gasteiger charge is 2.26. The monoisotopic (exact) mass is 146 g/mol. The quantitative estimate of drug-likeness (QED) is 0.346. The number of rotatable bonds is 2. The van der Waals surface area contributed by atoms with Crippen molar-refractivity contribution in [1.29, 1.82) is 0 Å². The molecule has 0 amide bonds. The smallest absolute Gasteiger partial charge is 0.0811 e. The lowest BCUT2D eigenvalue weighted by Crippen LogP contribution is -2.44. The topological polar surface area (TPSA) is 56.1 Å². The molecule has 60 valence electrons. The summed E-state index contributed by atoms with van der Waals surface area (Å²) < 4.78 is 0. The first-order chi connectivity index (χ1) is 4.42. The van der Waals surface area contributed by atoms with Crippen LogP contribution in [0.2, 0.25) is 0 Å². The number of nitrogens with zero attached hydrogens (tertiary/aromatic N) is 2. The summed E-state index contributed by atoms with van der Waals surface area (Å²) in [4.78, 5) is 0. The summed E-state index contributed by atoms with van der Waals surface area (Å²) in [5.41, 5.74) is -0.133. The molecule has 0 unspecified atom stereocenters. The third-order valence-electron chi connectivity index (χ3n) is 1.84. The van der Waals surface area contributed by atoms with Gasteiger partial charge in [0, 0.05) is 7.05 Å². The Morgan fingerprint density at radius 3 is 2.00 bits per heavy atom. The Balaban J connectivity index is 4.40. The lowest BCUT2D eigenvalue weighted by Gasteiger charge is -2.29. The van der Waals surface area contributed by atoms with Crippen molar-refractivity contribution in [2.45, 2.75) is 26.3 Å². The average Bonchev–Trinajstić information content (AvgIpc) is 1.86. The van der Waals surface area contributed by atoms with Gasteiger partial charge in [-0.25, -0.2) is 0 Å². The van der Waals surface area contributed by atoms with Crippen molar-refractivity contribution < 1.29 is 10.4 Å². The van der Waals surface area contributed by atoms with E-state index < -0.39 is 5.54 Å². The van der Waals surface area contributed by atoms with Gasteiger partial charge in [0.15, 0.2) is 0 Å². The van der Waals surface area contributed by atoms with Crippen molar-refractivity contribution in [3.8, 4) is 0 Å². The van der Waals surface area contributed by atoms with E-state index in [2.05, 4.69) is 5.16 Å². The summed E-state index contributed by atoms with van der Waals surface area (Å²) >= 11 is 0. The van der Waals surface area contributed by atoms with Gasteiger partial charge in [0.2, 0.25) is 0 Å². The summed E-state index contributed by atoms with van der Waals surface area (Å²) in [5, 5.41) is 21.4. The molecule has 0 aromatic heterocycles. The zero-order valence-corrected chi connectivity index (χ0v) is 6.79. The molecule has 0 fully saturated rings. The van der Waals surface area contributed by atoms with Crippen LogP contribution >= 0.6 is 0 Å². The fourth-order valence-electron chi connectivity index (χ4n) is 0.357. The molecule has 0 rings (SSSR count). The van der Waals surface area contributed by atoms with Crippen LogP contribution in [0.25, 0.3) is 0 Å². The molecule has 0 heterocycles. The van der Waals surface area contributed by atoms with Crippen LogP contribution in [0.5, 0.6) is 0 Å². The Morgan fingerprint density at radius 1 is 1.50 bits per heavy atom. The number of hydrogen-bond donors (Lipinski definition) is 2. The predicted molar refractivity (Wildman–Crippen MR) is 38.5 cm³/mol. The van der Waals surface area contributed by atoms with Crippen molar-refractivity contribution in [1.82, 2.24) is 5.06 Å². The second kappa shape index (κ2) is 2.98. The van der Waals surface area contributed by atoms with E-state index in [0.29, 0.717) is 5.71 Å². The summed E-state index contributed by atoms with van der Waals surface area (Å²) in [7, 11) is 1.51. The molecule has 4 nitrogen and oxygen atoms in total. The molecule has 2 N–H and O–H groups in total. The van der Waals surface area contributed by atoms with E-state index in [1.165, 1.54) is 7.05 Å². The first-order valence-electron chi connectivity index (χ1n) is 3.04. The third kappa shape index (κ3) is 1.68. The van der Waals surface area contributed by atoms with Gasteiger partial charge in [0.25, 0.3) is 0 Å². The minimum atomic E-state index is -0.602. The van der Waals surface area contributed by atoms with Gasteiger partial charge in [-0.15, -0.1) is 0 Å². The van der Waals surface area contributed by atoms with E-state index in [1.807, 2.05) is 0 Å². The number of oxime groups is 1. The first-order valence-corrected chi connectivity index (χ1v) is 3.04. The molecular formula is C6H14N2O2. The van der Waals surface area contributed by atoms with Crippen LogP contribution in [0.4, 0.5) is 0 Å². The fourth-order valence-corrected chi connectivity index (χ4v) is 0.357. The van der Waals surface area contributed by atoms with Crippen molar-refractivity contribution >= 4 is 5.71 Å². The maximum absolute atomic E-state index is 9.02. The zero-order chi connectivity index (χ0) is 8.36. The van der Waals surface area contributed by atoms with E-state index in [-0.39, 0.29) is 0 Å². The van der Waals surface area contributed by atoms with E-state index in [9.17, 15) is 0 Å². The number of hydroxylamine groups is 2. The van der Waals surface area contributed by atoms with E-state index in [4.69, 9.17) is 10.4 Å². The lowest BCUT2D eigenvalue weighted by molar-refractivity contribution is -0.114. The zero-order valence-electron chi connectivity index (χ0n) is 6.79. The molecule has 0 aliphatic carbocycles. The molecule has 0 bridgehead atoms. The molecule has 0 aromatic carbocycles. The van der Waals surface area contributed by atoms with E-state index in [1.54, 1.807) is 20.8 Å². The molecule has 4 heteroatoms. The van der Waals surface area contributed by atoms with Gasteiger partial charge in [-0.3, -0.25) is 0 Å². The molecule has 0 aliphatic heterocycles. The Hall–Kier alpha value is -0.610. The van der Waals surface area contributed by atoms with Crippen molar-refractivity contribution in [2.24, 2.45) is 5.16 Å². The van der Waals surface area contributed by atoms with Crippen LogP contribution in [0, 0.1) is 0 Å². The SMILES string of the molecule is C/C(=N\O)C(C)(C)N(C)O. The van der Waals surface area contributed by atoms with Crippen molar-refractivity contribution in [3.63, 3.8) is 0 Å². The maximum atomic E-state index is 9.02. The average molecular weight is 146 g/mol. The molecule has 0 aromatic rings. The minimum Gasteiger partial charge on any atom is -0.411 e. The molecule has 0 spiro atoms. The Kier molecular flexibility index (Phi) is 2.80. The van der Waals surface area contributed by atoms with Crippen LogP contribution in [0.15, 0.2) is 5.16 Å². The number of hydrogen-bond acceptors (Lipinski definition) is 4. The largest absolute Gasteiger partial charge is 0.411 e. The normalized spacial score (nSPS) is 14.4.